The molecule has 0 radical (unpaired) electrons. The molecular weight excluding hydrogens is 390 g/mol. The number of benzene rings is 2. The van der Waals surface area contributed by atoms with Gasteiger partial charge in [0, 0.05) is 16.5 Å². The van der Waals surface area contributed by atoms with Crippen LogP contribution in [-0.2, 0) is 5.41 Å². The highest BCUT2D eigenvalue weighted by molar-refractivity contribution is 5.85. The van der Waals surface area contributed by atoms with Crippen LogP contribution in [0.25, 0.3) is 33.6 Å². The SMILES string of the molecule is Cc1cc(-c2cc3cc(-c4cc(C(C)C)cc(C(C)C)c4)oc3cn2)cc(C(C)(C)C)c1. The minimum atomic E-state index is 0.100. The molecule has 32 heavy (non-hydrogen) atoms. The second-order valence-corrected chi connectivity index (χ2v) is 10.8. The van der Waals surface area contributed by atoms with Crippen molar-refractivity contribution < 1.29 is 4.42 Å². The maximum Gasteiger partial charge on any atom is 0.153 e. The van der Waals surface area contributed by atoms with Gasteiger partial charge in [-0.05, 0) is 77.3 Å². The molecule has 0 saturated carbocycles. The van der Waals surface area contributed by atoms with Gasteiger partial charge in [-0.15, -0.1) is 0 Å². The first-order chi connectivity index (χ1) is 15.0. The van der Waals surface area contributed by atoms with Crippen LogP contribution in [0.1, 0.15) is 82.6 Å². The Labute approximate surface area is 192 Å². The minimum Gasteiger partial charge on any atom is -0.454 e. The van der Waals surface area contributed by atoms with Gasteiger partial charge in [-0.1, -0.05) is 66.2 Å². The number of pyridine rings is 1. The van der Waals surface area contributed by atoms with Crippen molar-refractivity contribution in [3.05, 3.63) is 77.0 Å². The third-order valence-corrected chi connectivity index (χ3v) is 6.24. The second kappa shape index (κ2) is 8.24. The molecule has 0 saturated heterocycles. The second-order valence-electron chi connectivity index (χ2n) is 10.8. The average Bonchev–Trinajstić information content (AvgIpc) is 3.15. The highest BCUT2D eigenvalue weighted by Gasteiger charge is 2.17. The van der Waals surface area contributed by atoms with Gasteiger partial charge in [0.1, 0.15) is 5.76 Å². The smallest absolute Gasteiger partial charge is 0.153 e. The van der Waals surface area contributed by atoms with Crippen molar-refractivity contribution >= 4 is 11.0 Å². The zero-order valence-corrected chi connectivity index (χ0v) is 20.7. The van der Waals surface area contributed by atoms with Crippen molar-refractivity contribution in [2.24, 2.45) is 0 Å². The van der Waals surface area contributed by atoms with Crippen LogP contribution in [0.2, 0.25) is 0 Å². The Hall–Kier alpha value is -2.87. The number of fused-ring (bicyclic) bond motifs is 1. The first-order valence-electron chi connectivity index (χ1n) is 11.7. The molecule has 0 amide bonds. The van der Waals surface area contributed by atoms with E-state index in [2.05, 4.69) is 104 Å². The molecule has 0 fully saturated rings. The molecule has 4 aromatic rings. The normalized spacial score (nSPS) is 12.3. The van der Waals surface area contributed by atoms with E-state index < -0.39 is 0 Å². The largest absolute Gasteiger partial charge is 0.454 e. The van der Waals surface area contributed by atoms with Gasteiger partial charge < -0.3 is 4.42 Å². The lowest BCUT2D eigenvalue weighted by molar-refractivity contribution is 0.590. The Kier molecular flexibility index (Phi) is 5.75. The highest BCUT2D eigenvalue weighted by Crippen LogP contribution is 2.34. The molecule has 2 aromatic heterocycles. The zero-order chi connectivity index (χ0) is 23.2. The van der Waals surface area contributed by atoms with Crippen molar-refractivity contribution in [2.45, 2.75) is 72.6 Å². The Morgan fingerprint density at radius 3 is 2.00 bits per heavy atom. The molecule has 0 unspecified atom stereocenters. The van der Waals surface area contributed by atoms with Crippen LogP contribution in [0, 0.1) is 6.92 Å². The van der Waals surface area contributed by atoms with Crippen LogP contribution >= 0.6 is 0 Å². The molecule has 2 nitrogen and oxygen atoms in total. The average molecular weight is 426 g/mol. The van der Waals surface area contributed by atoms with E-state index in [0.29, 0.717) is 11.8 Å². The van der Waals surface area contributed by atoms with Crippen LogP contribution in [0.4, 0.5) is 0 Å². The lowest BCUT2D eigenvalue weighted by Crippen LogP contribution is -2.11. The maximum absolute atomic E-state index is 6.25. The lowest BCUT2D eigenvalue weighted by Gasteiger charge is -2.20. The molecule has 0 aliphatic carbocycles. The third kappa shape index (κ3) is 4.50. The topological polar surface area (TPSA) is 26.0 Å². The van der Waals surface area contributed by atoms with Crippen molar-refractivity contribution in [3.8, 4) is 22.6 Å². The Bertz CT molecular complexity index is 1240. The summed E-state index contributed by atoms with van der Waals surface area (Å²) in [6.45, 7) is 17.9. The van der Waals surface area contributed by atoms with Gasteiger partial charge in [0.05, 0.1) is 11.9 Å². The summed E-state index contributed by atoms with van der Waals surface area (Å²) in [4.78, 5) is 4.75. The zero-order valence-electron chi connectivity index (χ0n) is 20.7. The van der Waals surface area contributed by atoms with E-state index in [1.807, 2.05) is 6.20 Å². The number of rotatable bonds is 4. The fraction of sp³-hybridized carbons (Fsp3) is 0.367. The molecule has 0 atom stereocenters. The summed E-state index contributed by atoms with van der Waals surface area (Å²) in [6.07, 6.45) is 1.86. The summed E-state index contributed by atoms with van der Waals surface area (Å²) in [7, 11) is 0. The monoisotopic (exact) mass is 425 g/mol. The standard InChI is InChI=1S/C30H35NO/c1-18(2)21-11-22(19(3)4)13-24(12-21)28-16-25-15-27(31-17-29(25)32-28)23-9-20(5)10-26(14-23)30(6,7)8/h9-19H,1-8H3. The highest BCUT2D eigenvalue weighted by atomic mass is 16.3. The van der Waals surface area contributed by atoms with Gasteiger partial charge in [0.2, 0.25) is 0 Å². The number of hydrogen-bond donors (Lipinski definition) is 0. The quantitative estimate of drug-likeness (QED) is 0.326. The van der Waals surface area contributed by atoms with Crippen molar-refractivity contribution in [2.75, 3.05) is 0 Å². The Morgan fingerprint density at radius 2 is 1.41 bits per heavy atom. The van der Waals surface area contributed by atoms with Crippen molar-refractivity contribution in [1.82, 2.24) is 4.98 Å². The van der Waals surface area contributed by atoms with E-state index in [-0.39, 0.29) is 5.41 Å². The van der Waals surface area contributed by atoms with Gasteiger partial charge in [0.15, 0.2) is 5.58 Å². The van der Waals surface area contributed by atoms with Crippen LogP contribution < -0.4 is 0 Å². The molecule has 0 bridgehead atoms. The fourth-order valence-corrected chi connectivity index (χ4v) is 4.10. The van der Waals surface area contributed by atoms with Gasteiger partial charge in [-0.2, -0.15) is 0 Å². The van der Waals surface area contributed by atoms with Crippen LogP contribution in [0.15, 0.2) is 59.1 Å². The van der Waals surface area contributed by atoms with Crippen molar-refractivity contribution in [3.63, 3.8) is 0 Å². The molecule has 166 valence electrons. The molecular formula is C30H35NO. The van der Waals surface area contributed by atoms with Crippen molar-refractivity contribution in [1.29, 1.82) is 0 Å². The van der Waals surface area contributed by atoms with E-state index in [1.54, 1.807) is 0 Å². The maximum atomic E-state index is 6.25. The van der Waals surface area contributed by atoms with Gasteiger partial charge >= 0.3 is 0 Å². The number of aryl methyl sites for hydroxylation is 1. The number of hydrogen-bond acceptors (Lipinski definition) is 2. The van der Waals surface area contributed by atoms with Crippen LogP contribution in [0.5, 0.6) is 0 Å². The first-order valence-corrected chi connectivity index (χ1v) is 11.7. The van der Waals surface area contributed by atoms with E-state index in [4.69, 9.17) is 9.40 Å². The first kappa shape index (κ1) is 22.3. The summed E-state index contributed by atoms with van der Waals surface area (Å²) in [5.74, 6) is 1.86. The van der Waals surface area contributed by atoms with E-state index >= 15 is 0 Å². The summed E-state index contributed by atoms with van der Waals surface area (Å²) in [5.41, 5.74) is 9.49. The summed E-state index contributed by atoms with van der Waals surface area (Å²) in [5, 5.41) is 1.09. The summed E-state index contributed by atoms with van der Waals surface area (Å²) in [6, 6.07) is 17.9. The summed E-state index contributed by atoms with van der Waals surface area (Å²) < 4.78 is 6.25. The van der Waals surface area contributed by atoms with E-state index in [0.717, 1.165) is 33.6 Å². The number of nitrogens with zero attached hydrogens (tertiary/aromatic N) is 1. The molecule has 0 N–H and O–H groups in total. The molecule has 2 heteroatoms. The predicted molar refractivity (Wildman–Crippen MR) is 136 cm³/mol. The summed E-state index contributed by atoms with van der Waals surface area (Å²) >= 11 is 0. The minimum absolute atomic E-state index is 0.100. The van der Waals surface area contributed by atoms with Crippen LogP contribution in [0.3, 0.4) is 0 Å². The molecule has 2 aromatic carbocycles. The van der Waals surface area contributed by atoms with Gasteiger partial charge in [-0.3, -0.25) is 4.98 Å². The Morgan fingerprint density at radius 1 is 0.750 bits per heavy atom. The molecule has 4 rings (SSSR count). The molecule has 0 spiro atoms. The molecule has 0 aliphatic heterocycles. The Balaban J connectivity index is 1.79. The fourth-order valence-electron chi connectivity index (χ4n) is 4.10. The van der Waals surface area contributed by atoms with Crippen LogP contribution in [-0.4, -0.2) is 4.98 Å². The number of furan rings is 1. The third-order valence-electron chi connectivity index (χ3n) is 6.24. The van der Waals surface area contributed by atoms with Gasteiger partial charge in [0.25, 0.3) is 0 Å². The van der Waals surface area contributed by atoms with E-state index in [9.17, 15) is 0 Å². The van der Waals surface area contributed by atoms with Gasteiger partial charge in [-0.25, -0.2) is 0 Å². The molecule has 2 heterocycles. The molecule has 0 aliphatic rings. The number of aromatic nitrogens is 1. The predicted octanol–water partition coefficient (Wildman–Crippen LogP) is 9.01. The lowest BCUT2D eigenvalue weighted by atomic mass is 9.85. The van der Waals surface area contributed by atoms with E-state index in [1.165, 1.54) is 22.3 Å².